The van der Waals surface area contributed by atoms with Gasteiger partial charge in [0.15, 0.2) is 0 Å². The van der Waals surface area contributed by atoms with Crippen LogP contribution in [-0.2, 0) is 4.79 Å². The molecular formula is C16H31N3O. The first-order valence-corrected chi connectivity index (χ1v) is 8.46. The van der Waals surface area contributed by atoms with Gasteiger partial charge in [0.05, 0.1) is 5.92 Å². The number of rotatable bonds is 6. The molecule has 0 aromatic heterocycles. The fourth-order valence-corrected chi connectivity index (χ4v) is 3.46. The number of nitrogens with one attached hydrogen (secondary N) is 2. The standard InChI is InChI=1S/C16H31N3O/c1-19(15-8-3-2-4-9-15)12-6-11-18-16(20)14-7-5-10-17-13-14/h14-15,17H,2-13H2,1H3,(H,18,20)/t14-/m0/s1. The number of hydrogen-bond donors (Lipinski definition) is 2. The second kappa shape index (κ2) is 8.63. The molecule has 0 aromatic carbocycles. The summed E-state index contributed by atoms with van der Waals surface area (Å²) < 4.78 is 0. The number of piperidine rings is 1. The van der Waals surface area contributed by atoms with Crippen LogP contribution in [-0.4, -0.2) is 50.1 Å². The summed E-state index contributed by atoms with van der Waals surface area (Å²) in [5.41, 5.74) is 0. The van der Waals surface area contributed by atoms with Crippen molar-refractivity contribution in [1.29, 1.82) is 0 Å². The fraction of sp³-hybridized carbons (Fsp3) is 0.938. The summed E-state index contributed by atoms with van der Waals surface area (Å²) in [5.74, 6) is 0.442. The molecule has 1 saturated heterocycles. The summed E-state index contributed by atoms with van der Waals surface area (Å²) in [4.78, 5) is 14.5. The predicted molar refractivity (Wildman–Crippen MR) is 82.7 cm³/mol. The first kappa shape index (κ1) is 15.8. The maximum atomic E-state index is 12.0. The Bertz CT molecular complexity index is 283. The van der Waals surface area contributed by atoms with E-state index in [4.69, 9.17) is 0 Å². The molecule has 0 radical (unpaired) electrons. The lowest BCUT2D eigenvalue weighted by Crippen LogP contribution is -2.41. The Morgan fingerprint density at radius 2 is 2.00 bits per heavy atom. The Kier molecular flexibility index (Phi) is 6.80. The van der Waals surface area contributed by atoms with Crippen LogP contribution in [0.5, 0.6) is 0 Å². The predicted octanol–water partition coefficient (Wildman–Crippen LogP) is 1.76. The third-order valence-corrected chi connectivity index (χ3v) is 4.85. The second-order valence-corrected chi connectivity index (χ2v) is 6.46. The van der Waals surface area contributed by atoms with Gasteiger partial charge in [0.25, 0.3) is 0 Å². The number of carbonyl (C=O) groups excluding carboxylic acids is 1. The van der Waals surface area contributed by atoms with E-state index in [1.807, 2.05) is 0 Å². The molecule has 2 fully saturated rings. The van der Waals surface area contributed by atoms with Gasteiger partial charge < -0.3 is 15.5 Å². The van der Waals surface area contributed by atoms with Crippen LogP contribution in [0.25, 0.3) is 0 Å². The van der Waals surface area contributed by atoms with Gasteiger partial charge in [-0.05, 0) is 52.2 Å². The summed E-state index contributed by atoms with van der Waals surface area (Å²) in [6.45, 7) is 3.85. The van der Waals surface area contributed by atoms with E-state index in [9.17, 15) is 4.79 Å². The molecule has 1 saturated carbocycles. The molecule has 2 rings (SSSR count). The Hall–Kier alpha value is -0.610. The van der Waals surface area contributed by atoms with Crippen molar-refractivity contribution < 1.29 is 4.79 Å². The van der Waals surface area contributed by atoms with Crippen LogP contribution in [0, 0.1) is 5.92 Å². The fourth-order valence-electron chi connectivity index (χ4n) is 3.46. The van der Waals surface area contributed by atoms with Gasteiger partial charge in [-0.25, -0.2) is 0 Å². The minimum absolute atomic E-state index is 0.194. The Morgan fingerprint density at radius 3 is 2.70 bits per heavy atom. The number of carbonyl (C=O) groups is 1. The lowest BCUT2D eigenvalue weighted by Gasteiger charge is -2.31. The van der Waals surface area contributed by atoms with Crippen molar-refractivity contribution in [3.63, 3.8) is 0 Å². The summed E-state index contributed by atoms with van der Waals surface area (Å²) in [6.07, 6.45) is 10.1. The molecule has 1 atom stereocenters. The van der Waals surface area contributed by atoms with E-state index in [1.165, 1.54) is 32.1 Å². The number of nitrogens with zero attached hydrogens (tertiary/aromatic N) is 1. The molecule has 0 spiro atoms. The molecule has 0 bridgehead atoms. The third-order valence-electron chi connectivity index (χ3n) is 4.85. The van der Waals surface area contributed by atoms with Gasteiger partial charge in [-0.1, -0.05) is 19.3 Å². The van der Waals surface area contributed by atoms with Crippen molar-refractivity contribution in [1.82, 2.24) is 15.5 Å². The monoisotopic (exact) mass is 281 g/mol. The van der Waals surface area contributed by atoms with Crippen molar-refractivity contribution in [3.05, 3.63) is 0 Å². The van der Waals surface area contributed by atoms with Crippen molar-refractivity contribution in [2.75, 3.05) is 33.2 Å². The number of hydrogen-bond acceptors (Lipinski definition) is 3. The highest BCUT2D eigenvalue weighted by Crippen LogP contribution is 2.21. The highest BCUT2D eigenvalue weighted by Gasteiger charge is 2.20. The van der Waals surface area contributed by atoms with Crippen molar-refractivity contribution in [2.24, 2.45) is 5.92 Å². The van der Waals surface area contributed by atoms with Gasteiger partial charge in [-0.3, -0.25) is 4.79 Å². The molecule has 4 nitrogen and oxygen atoms in total. The van der Waals surface area contributed by atoms with Crippen LogP contribution < -0.4 is 10.6 Å². The highest BCUT2D eigenvalue weighted by atomic mass is 16.1. The van der Waals surface area contributed by atoms with E-state index in [1.54, 1.807) is 0 Å². The zero-order valence-corrected chi connectivity index (χ0v) is 13.0. The maximum absolute atomic E-state index is 12.0. The summed E-state index contributed by atoms with van der Waals surface area (Å²) in [7, 11) is 2.24. The van der Waals surface area contributed by atoms with Crippen molar-refractivity contribution in [2.45, 2.75) is 57.4 Å². The van der Waals surface area contributed by atoms with E-state index >= 15 is 0 Å². The molecule has 0 unspecified atom stereocenters. The van der Waals surface area contributed by atoms with E-state index in [-0.39, 0.29) is 11.8 Å². The van der Waals surface area contributed by atoms with Gasteiger partial charge in [0.2, 0.25) is 5.91 Å². The van der Waals surface area contributed by atoms with Crippen LogP contribution in [0.2, 0.25) is 0 Å². The Balaban J connectivity index is 1.55. The van der Waals surface area contributed by atoms with Crippen molar-refractivity contribution >= 4 is 5.91 Å². The molecule has 116 valence electrons. The van der Waals surface area contributed by atoms with E-state index in [2.05, 4.69) is 22.6 Å². The average molecular weight is 281 g/mol. The van der Waals surface area contributed by atoms with Crippen LogP contribution in [0.15, 0.2) is 0 Å². The van der Waals surface area contributed by atoms with Gasteiger partial charge >= 0.3 is 0 Å². The highest BCUT2D eigenvalue weighted by molar-refractivity contribution is 5.78. The van der Waals surface area contributed by atoms with Crippen LogP contribution in [0.4, 0.5) is 0 Å². The molecule has 1 heterocycles. The van der Waals surface area contributed by atoms with Gasteiger partial charge in [-0.15, -0.1) is 0 Å². The first-order chi connectivity index (χ1) is 9.77. The molecule has 2 aliphatic rings. The minimum atomic E-state index is 0.194. The zero-order valence-electron chi connectivity index (χ0n) is 13.0. The molecule has 1 aliphatic heterocycles. The lowest BCUT2D eigenvalue weighted by atomic mass is 9.94. The topological polar surface area (TPSA) is 44.4 Å². The normalized spacial score (nSPS) is 24.8. The van der Waals surface area contributed by atoms with Crippen molar-refractivity contribution in [3.8, 4) is 0 Å². The van der Waals surface area contributed by atoms with Crippen LogP contribution >= 0.6 is 0 Å². The van der Waals surface area contributed by atoms with E-state index in [0.29, 0.717) is 0 Å². The van der Waals surface area contributed by atoms with E-state index in [0.717, 1.165) is 51.5 Å². The summed E-state index contributed by atoms with van der Waals surface area (Å²) >= 11 is 0. The third kappa shape index (κ3) is 5.06. The molecule has 2 N–H and O–H groups in total. The summed E-state index contributed by atoms with van der Waals surface area (Å²) in [6, 6.07) is 0.780. The van der Waals surface area contributed by atoms with Gasteiger partial charge in [-0.2, -0.15) is 0 Å². The first-order valence-electron chi connectivity index (χ1n) is 8.46. The molecule has 4 heteroatoms. The maximum Gasteiger partial charge on any atom is 0.224 e. The Morgan fingerprint density at radius 1 is 1.20 bits per heavy atom. The SMILES string of the molecule is CN(CCCNC(=O)[C@H]1CCCNC1)C1CCCCC1. The van der Waals surface area contributed by atoms with Crippen LogP contribution in [0.1, 0.15) is 51.4 Å². The smallest absolute Gasteiger partial charge is 0.224 e. The molecular weight excluding hydrogens is 250 g/mol. The largest absolute Gasteiger partial charge is 0.356 e. The average Bonchev–Trinajstić information content (AvgIpc) is 2.53. The molecule has 1 amide bonds. The Labute approximate surface area is 123 Å². The number of amides is 1. The summed E-state index contributed by atoms with van der Waals surface area (Å²) in [5, 5.41) is 6.40. The zero-order chi connectivity index (χ0) is 14.2. The van der Waals surface area contributed by atoms with Crippen LogP contribution in [0.3, 0.4) is 0 Å². The van der Waals surface area contributed by atoms with Gasteiger partial charge in [0.1, 0.15) is 0 Å². The minimum Gasteiger partial charge on any atom is -0.356 e. The molecule has 20 heavy (non-hydrogen) atoms. The lowest BCUT2D eigenvalue weighted by molar-refractivity contribution is -0.125. The van der Waals surface area contributed by atoms with E-state index < -0.39 is 0 Å². The second-order valence-electron chi connectivity index (χ2n) is 6.46. The van der Waals surface area contributed by atoms with Gasteiger partial charge in [0, 0.05) is 19.1 Å². The molecule has 1 aliphatic carbocycles. The molecule has 0 aromatic rings. The quantitative estimate of drug-likeness (QED) is 0.729.